The largest absolute Gasteiger partial charge is 0.489 e. The number of nitrogens with zero attached hydrogens (tertiary/aromatic N) is 3. The van der Waals surface area contributed by atoms with Crippen LogP contribution in [0.5, 0.6) is 5.75 Å². The van der Waals surface area contributed by atoms with E-state index in [1.807, 2.05) is 50.2 Å². The maximum atomic E-state index is 15.1. The zero-order valence-electron chi connectivity index (χ0n) is 34.8. The number of amides is 4. The fourth-order valence-corrected chi connectivity index (χ4v) is 9.69. The Balaban J connectivity index is 0.879. The van der Waals surface area contributed by atoms with Crippen molar-refractivity contribution in [3.05, 3.63) is 88.2 Å². The van der Waals surface area contributed by atoms with Crippen molar-refractivity contribution >= 4 is 35.0 Å². The van der Waals surface area contributed by atoms with Crippen LogP contribution in [0.1, 0.15) is 77.9 Å². The second-order valence-electron chi connectivity index (χ2n) is 17.5. The molecule has 4 amide bonds. The molecular weight excluding hydrogens is 752 g/mol. The highest BCUT2D eigenvalue weighted by Gasteiger charge is 2.64. The van der Waals surface area contributed by atoms with E-state index in [1.165, 1.54) is 12.1 Å². The molecule has 3 saturated heterocycles. The molecule has 59 heavy (non-hydrogen) atoms. The molecule has 13 heteroatoms. The average molecular weight is 807 g/mol. The first-order valence-corrected chi connectivity index (χ1v) is 20.5. The van der Waals surface area contributed by atoms with Gasteiger partial charge in [0.05, 0.1) is 18.3 Å². The Bertz CT molecular complexity index is 2120. The third-order valence-electron chi connectivity index (χ3n) is 12.6. The van der Waals surface area contributed by atoms with Crippen molar-refractivity contribution in [2.24, 2.45) is 10.8 Å². The van der Waals surface area contributed by atoms with Crippen LogP contribution < -0.4 is 30.5 Å². The Morgan fingerprint density at radius 3 is 2.19 bits per heavy atom. The van der Waals surface area contributed by atoms with E-state index in [0.29, 0.717) is 30.9 Å². The third kappa shape index (κ3) is 8.66. The molecule has 2 atom stereocenters. The predicted molar refractivity (Wildman–Crippen MR) is 224 cm³/mol. The molecule has 1 aliphatic carbocycles. The molecule has 4 aliphatic rings. The molecule has 1 saturated carbocycles. The number of piperazine rings is 1. The molecule has 0 radical (unpaired) electrons. The van der Waals surface area contributed by atoms with Crippen LogP contribution in [-0.2, 0) is 14.3 Å². The number of anilines is 2. The van der Waals surface area contributed by atoms with E-state index in [1.54, 1.807) is 6.07 Å². The summed E-state index contributed by atoms with van der Waals surface area (Å²) in [4.78, 5) is 56.5. The van der Waals surface area contributed by atoms with Gasteiger partial charge in [0.25, 0.3) is 11.8 Å². The van der Waals surface area contributed by atoms with Crippen LogP contribution in [-0.4, -0.2) is 105 Å². The first kappa shape index (κ1) is 41.7. The molecule has 3 aromatic rings. The van der Waals surface area contributed by atoms with Gasteiger partial charge in [0.2, 0.25) is 11.8 Å². The van der Waals surface area contributed by atoms with Crippen LogP contribution in [0.25, 0.3) is 0 Å². The number of carbonyl (C=O) groups is 4. The molecule has 3 heterocycles. The molecule has 12 nitrogen and oxygen atoms in total. The topological polar surface area (TPSA) is 133 Å². The Kier molecular flexibility index (Phi) is 11.8. The van der Waals surface area contributed by atoms with Crippen molar-refractivity contribution in [1.29, 1.82) is 0 Å². The summed E-state index contributed by atoms with van der Waals surface area (Å²) >= 11 is 0. The molecule has 0 aromatic heterocycles. The van der Waals surface area contributed by atoms with Crippen LogP contribution in [0.2, 0.25) is 0 Å². The standard InChI is InChI=1S/C46H55FN6O6/c1-8-35-28(2)23-33(24-29(35)3)59-44-45(4,5)43(46(44,6)7)50-40(55)30-9-11-31(12-10-30)53-21-22-58-34(27-53)26-51-17-19-52(20-18-51)32-13-14-36(37(47)25-32)41(56)48-38-15-16-39(54)49-42(38)57/h1,9-14,23-25,34,38,43-44H,15-22,26-27H2,2-7H3,(H,48,56)(H,50,55)(H,49,54,57)/t34-,38+,43?,44?/m1/s1. The number of piperidine rings is 1. The summed E-state index contributed by atoms with van der Waals surface area (Å²) in [6.45, 7) is 18.3. The summed E-state index contributed by atoms with van der Waals surface area (Å²) in [6, 6.07) is 15.3. The molecule has 3 N–H and O–H groups in total. The van der Waals surface area contributed by atoms with Crippen molar-refractivity contribution in [3.63, 3.8) is 0 Å². The Morgan fingerprint density at radius 2 is 1.56 bits per heavy atom. The molecule has 3 aliphatic heterocycles. The fraction of sp³-hybridized carbons (Fsp3) is 0.478. The smallest absolute Gasteiger partial charge is 0.254 e. The Hall–Kier alpha value is -5.45. The van der Waals surface area contributed by atoms with Gasteiger partial charge in [0.15, 0.2) is 0 Å². The van der Waals surface area contributed by atoms with Crippen LogP contribution >= 0.6 is 0 Å². The number of rotatable bonds is 10. The van der Waals surface area contributed by atoms with E-state index in [-0.39, 0.29) is 59.3 Å². The molecule has 3 aromatic carbocycles. The summed E-state index contributed by atoms with van der Waals surface area (Å²) in [5.41, 5.74) is 4.46. The van der Waals surface area contributed by atoms with E-state index in [4.69, 9.17) is 15.9 Å². The van der Waals surface area contributed by atoms with Gasteiger partial charge in [0.1, 0.15) is 23.7 Å². The van der Waals surface area contributed by atoms with Gasteiger partial charge in [-0.15, -0.1) is 6.42 Å². The first-order chi connectivity index (χ1) is 28.0. The van der Waals surface area contributed by atoms with E-state index in [2.05, 4.69) is 64.3 Å². The highest BCUT2D eigenvalue weighted by atomic mass is 19.1. The van der Waals surface area contributed by atoms with Gasteiger partial charge in [-0.1, -0.05) is 33.6 Å². The highest BCUT2D eigenvalue weighted by Crippen LogP contribution is 2.55. The van der Waals surface area contributed by atoms with Crippen molar-refractivity contribution < 1.29 is 33.0 Å². The monoisotopic (exact) mass is 806 g/mol. The number of terminal acetylenes is 1. The lowest BCUT2D eigenvalue weighted by Gasteiger charge is -2.63. The SMILES string of the molecule is C#Cc1c(C)cc(OC2C(C)(C)C(NC(=O)c3ccc(N4CCO[C@H](CN5CCN(c6ccc(C(=O)N[C@H]7CCC(=O)NC7=O)c(F)c6)CC5)C4)cc3)C2(C)C)cc1C. The number of carbonyl (C=O) groups excluding carboxylic acids is 4. The van der Waals surface area contributed by atoms with E-state index >= 15 is 4.39 Å². The first-order valence-electron chi connectivity index (χ1n) is 20.5. The van der Waals surface area contributed by atoms with Gasteiger partial charge in [-0.05, 0) is 86.0 Å². The number of benzene rings is 3. The molecular formula is C46H55FN6O6. The summed E-state index contributed by atoms with van der Waals surface area (Å²) in [5.74, 6) is 1.11. The lowest BCUT2D eigenvalue weighted by molar-refractivity contribution is -0.164. The number of hydrogen-bond donors (Lipinski definition) is 3. The highest BCUT2D eigenvalue weighted by molar-refractivity contribution is 6.04. The van der Waals surface area contributed by atoms with Gasteiger partial charge in [-0.3, -0.25) is 29.4 Å². The van der Waals surface area contributed by atoms with Crippen LogP contribution in [0.3, 0.4) is 0 Å². The van der Waals surface area contributed by atoms with Gasteiger partial charge < -0.3 is 29.9 Å². The molecule has 0 spiro atoms. The number of hydrogen-bond acceptors (Lipinski definition) is 9. The van der Waals surface area contributed by atoms with Crippen molar-refractivity contribution in [3.8, 4) is 18.1 Å². The normalized spacial score (nSPS) is 24.0. The van der Waals surface area contributed by atoms with Gasteiger partial charge in [-0.2, -0.15) is 0 Å². The number of imide groups is 1. The van der Waals surface area contributed by atoms with Crippen LogP contribution in [0.4, 0.5) is 15.8 Å². The van der Waals surface area contributed by atoms with Crippen molar-refractivity contribution in [2.75, 3.05) is 62.2 Å². The second kappa shape index (κ2) is 16.7. The van der Waals surface area contributed by atoms with Gasteiger partial charge >= 0.3 is 0 Å². The molecule has 0 bridgehead atoms. The molecule has 7 rings (SSSR count). The minimum Gasteiger partial charge on any atom is -0.489 e. The predicted octanol–water partition coefficient (Wildman–Crippen LogP) is 4.60. The fourth-order valence-electron chi connectivity index (χ4n) is 9.69. The molecule has 0 unspecified atom stereocenters. The van der Waals surface area contributed by atoms with E-state index in [0.717, 1.165) is 60.9 Å². The minimum atomic E-state index is -0.875. The average Bonchev–Trinajstić information content (AvgIpc) is 3.20. The quantitative estimate of drug-likeness (QED) is 0.199. The van der Waals surface area contributed by atoms with Gasteiger partial charge in [-0.25, -0.2) is 4.39 Å². The number of ether oxygens (including phenoxy) is 2. The Morgan fingerprint density at radius 1 is 0.898 bits per heavy atom. The maximum Gasteiger partial charge on any atom is 0.254 e. The lowest BCUT2D eigenvalue weighted by Crippen LogP contribution is -2.74. The van der Waals surface area contributed by atoms with Gasteiger partial charge in [0, 0.05) is 91.6 Å². The zero-order chi connectivity index (χ0) is 42.2. The van der Waals surface area contributed by atoms with Crippen LogP contribution in [0.15, 0.2) is 54.6 Å². The minimum absolute atomic E-state index is 0.000722. The molecule has 312 valence electrons. The number of nitrogens with one attached hydrogen (secondary N) is 3. The van der Waals surface area contributed by atoms with E-state index < -0.39 is 23.7 Å². The van der Waals surface area contributed by atoms with E-state index in [9.17, 15) is 19.2 Å². The van der Waals surface area contributed by atoms with Crippen molar-refractivity contribution in [1.82, 2.24) is 20.9 Å². The van der Waals surface area contributed by atoms with Crippen LogP contribution in [0, 0.1) is 42.8 Å². The number of halogens is 1. The molecule has 4 fully saturated rings. The zero-order valence-corrected chi connectivity index (χ0v) is 34.8. The summed E-state index contributed by atoms with van der Waals surface area (Å²) in [7, 11) is 0. The third-order valence-corrected chi connectivity index (χ3v) is 12.6. The lowest BCUT2D eigenvalue weighted by atomic mass is 9.49. The summed E-state index contributed by atoms with van der Waals surface area (Å²) < 4.78 is 27.9. The number of aryl methyl sites for hydroxylation is 2. The van der Waals surface area contributed by atoms with Crippen molar-refractivity contribution in [2.45, 2.75) is 78.7 Å². The maximum absolute atomic E-state index is 15.1. The number of morpholine rings is 1. The second-order valence-corrected chi connectivity index (χ2v) is 17.5. The summed E-state index contributed by atoms with van der Waals surface area (Å²) in [6.07, 6.45) is 5.89. The Labute approximate surface area is 346 Å². The summed E-state index contributed by atoms with van der Waals surface area (Å²) in [5, 5.41) is 8.04.